The van der Waals surface area contributed by atoms with Gasteiger partial charge >= 0.3 is 0 Å². The maximum absolute atomic E-state index is 13.8. The smallest absolute Gasteiger partial charge is 0.188 e. The van der Waals surface area contributed by atoms with E-state index in [0.717, 1.165) is 6.20 Å². The Morgan fingerprint density at radius 2 is 1.75 bits per heavy atom. The molecule has 102 valence electrons. The van der Waals surface area contributed by atoms with Gasteiger partial charge in [-0.25, -0.2) is 22.2 Å². The molecule has 1 heterocycles. The first-order chi connectivity index (χ1) is 9.43. The number of halogens is 4. The Hall–Kier alpha value is -2.82. The molecule has 4 nitrogen and oxygen atoms in total. The van der Waals surface area contributed by atoms with Crippen LogP contribution in [0.1, 0.15) is 11.1 Å². The summed E-state index contributed by atoms with van der Waals surface area (Å²) in [7, 11) is 0. The highest BCUT2D eigenvalue weighted by atomic mass is 19.2. The predicted octanol–water partition coefficient (Wildman–Crippen LogP) is 2.53. The lowest BCUT2D eigenvalue weighted by Crippen LogP contribution is -2.12. The Bertz CT molecular complexity index is 729. The summed E-state index contributed by atoms with van der Waals surface area (Å²) in [6, 6.07) is 1.62. The van der Waals surface area contributed by atoms with Crippen molar-refractivity contribution in [3.63, 3.8) is 0 Å². The fraction of sp³-hybridized carbons (Fsp3) is 0. The summed E-state index contributed by atoms with van der Waals surface area (Å²) in [4.78, 5) is 0. The topological polar surface area (TPSA) is 67.6 Å². The number of rotatable bonds is 2. The fourth-order valence-corrected chi connectivity index (χ4v) is 1.62. The predicted molar refractivity (Wildman–Crippen MR) is 62.6 cm³/mol. The average Bonchev–Trinajstić information content (AvgIpc) is 2.79. The molecule has 1 aromatic heterocycles. The van der Waals surface area contributed by atoms with Crippen LogP contribution in [-0.4, -0.2) is 9.78 Å². The maximum atomic E-state index is 13.8. The number of benzene rings is 1. The number of nitrogens with zero attached hydrogens (tertiary/aromatic N) is 3. The Labute approximate surface area is 110 Å². The molecular weight excluding hydrogens is 276 g/mol. The monoisotopic (exact) mass is 282 g/mol. The van der Waals surface area contributed by atoms with Crippen LogP contribution in [0.3, 0.4) is 0 Å². The van der Waals surface area contributed by atoms with Gasteiger partial charge in [0.05, 0.1) is 11.8 Å². The van der Waals surface area contributed by atoms with Crippen LogP contribution in [0, 0.1) is 34.6 Å². The van der Waals surface area contributed by atoms with Gasteiger partial charge in [-0.3, -0.25) is 0 Å². The van der Waals surface area contributed by atoms with E-state index in [4.69, 9.17) is 11.0 Å². The molecule has 1 aromatic carbocycles. The zero-order valence-electron chi connectivity index (χ0n) is 9.79. The minimum Gasteiger partial charge on any atom is -0.382 e. The molecule has 0 amide bonds. The highest BCUT2D eigenvalue weighted by molar-refractivity contribution is 5.57. The van der Waals surface area contributed by atoms with Crippen LogP contribution in [0.4, 0.5) is 23.4 Å². The summed E-state index contributed by atoms with van der Waals surface area (Å²) in [5, 5.41) is 12.1. The van der Waals surface area contributed by atoms with Crippen LogP contribution in [0.2, 0.25) is 0 Å². The van der Waals surface area contributed by atoms with Crippen molar-refractivity contribution in [3.8, 4) is 11.8 Å². The van der Waals surface area contributed by atoms with E-state index in [2.05, 4.69) is 11.7 Å². The second-order valence-electron chi connectivity index (χ2n) is 3.69. The van der Waals surface area contributed by atoms with Crippen molar-refractivity contribution in [3.05, 3.63) is 47.2 Å². The average molecular weight is 282 g/mol. The van der Waals surface area contributed by atoms with E-state index in [1.165, 1.54) is 0 Å². The Morgan fingerprint density at radius 3 is 2.15 bits per heavy atom. The third-order valence-electron chi connectivity index (χ3n) is 2.62. The standard InChI is InChI=1S/C12H6F4N4/c1-2-6-7(13)9(15)11(10(16)8(6)14)20-12(18)5(3-17)4-19-20/h2,4H,1,18H2. The number of hydrogen-bond acceptors (Lipinski definition) is 3. The fourth-order valence-electron chi connectivity index (χ4n) is 1.62. The van der Waals surface area contributed by atoms with Gasteiger partial charge in [0.25, 0.3) is 0 Å². The zero-order chi connectivity index (χ0) is 15.0. The molecule has 8 heteroatoms. The Kier molecular flexibility index (Phi) is 3.19. The molecule has 20 heavy (non-hydrogen) atoms. The van der Waals surface area contributed by atoms with Crippen LogP contribution < -0.4 is 5.73 Å². The van der Waals surface area contributed by atoms with E-state index in [1.54, 1.807) is 6.07 Å². The number of aromatic nitrogens is 2. The number of nitrogen functional groups attached to an aromatic ring is 1. The van der Waals surface area contributed by atoms with Crippen LogP contribution in [0.25, 0.3) is 11.8 Å². The van der Waals surface area contributed by atoms with E-state index in [1.807, 2.05) is 0 Å². The quantitative estimate of drug-likeness (QED) is 0.679. The van der Waals surface area contributed by atoms with Crippen molar-refractivity contribution in [2.24, 2.45) is 0 Å². The van der Waals surface area contributed by atoms with Crippen molar-refractivity contribution in [1.29, 1.82) is 5.26 Å². The molecule has 0 aliphatic carbocycles. The number of nitrogens with two attached hydrogens (primary N) is 1. The summed E-state index contributed by atoms with van der Waals surface area (Å²) in [5.41, 5.74) is 3.18. The number of hydrogen-bond donors (Lipinski definition) is 1. The van der Waals surface area contributed by atoms with Gasteiger partial charge in [-0.1, -0.05) is 12.7 Å². The summed E-state index contributed by atoms with van der Waals surface area (Å²) >= 11 is 0. The minimum atomic E-state index is -1.68. The zero-order valence-corrected chi connectivity index (χ0v) is 9.79. The molecule has 0 aliphatic rings. The first-order valence-electron chi connectivity index (χ1n) is 5.16. The van der Waals surface area contributed by atoms with Crippen LogP contribution >= 0.6 is 0 Å². The Morgan fingerprint density at radius 1 is 1.20 bits per heavy atom. The van der Waals surface area contributed by atoms with Gasteiger partial charge in [0.2, 0.25) is 0 Å². The summed E-state index contributed by atoms with van der Waals surface area (Å²) in [5.74, 6) is -7.05. The molecule has 0 unspecified atom stereocenters. The lowest BCUT2D eigenvalue weighted by Gasteiger charge is -2.11. The molecule has 0 radical (unpaired) electrons. The van der Waals surface area contributed by atoms with Gasteiger partial charge < -0.3 is 5.73 Å². The van der Waals surface area contributed by atoms with Crippen LogP contribution in [0.5, 0.6) is 0 Å². The maximum Gasteiger partial charge on any atom is 0.188 e. The van der Waals surface area contributed by atoms with Crippen molar-refractivity contribution in [2.45, 2.75) is 0 Å². The van der Waals surface area contributed by atoms with Gasteiger partial charge in [0, 0.05) is 0 Å². The number of anilines is 1. The molecule has 0 saturated carbocycles. The summed E-state index contributed by atoms with van der Waals surface area (Å²) in [6.07, 6.45) is 1.57. The molecule has 2 rings (SSSR count). The molecule has 0 aliphatic heterocycles. The molecule has 0 fully saturated rings. The highest BCUT2D eigenvalue weighted by Gasteiger charge is 2.27. The number of nitriles is 1. The molecule has 2 aromatic rings. The van der Waals surface area contributed by atoms with Gasteiger partial charge in [0.15, 0.2) is 23.3 Å². The minimum absolute atomic E-state index is 0.183. The molecular formula is C12H6F4N4. The molecule has 0 spiro atoms. The first-order valence-corrected chi connectivity index (χ1v) is 5.16. The van der Waals surface area contributed by atoms with Crippen molar-refractivity contribution >= 4 is 11.9 Å². The van der Waals surface area contributed by atoms with E-state index >= 15 is 0 Å². The van der Waals surface area contributed by atoms with Gasteiger partial charge in [-0.2, -0.15) is 10.4 Å². The van der Waals surface area contributed by atoms with E-state index in [0.29, 0.717) is 10.8 Å². The van der Waals surface area contributed by atoms with E-state index in [9.17, 15) is 17.6 Å². The largest absolute Gasteiger partial charge is 0.382 e. The summed E-state index contributed by atoms with van der Waals surface area (Å²) in [6.45, 7) is 3.07. The summed E-state index contributed by atoms with van der Waals surface area (Å²) < 4.78 is 55.3. The van der Waals surface area contributed by atoms with Crippen LogP contribution in [-0.2, 0) is 0 Å². The normalized spacial score (nSPS) is 10.3. The highest BCUT2D eigenvalue weighted by Crippen LogP contribution is 2.29. The second-order valence-corrected chi connectivity index (χ2v) is 3.69. The SMILES string of the molecule is C=Cc1c(F)c(F)c(-n2ncc(C#N)c2N)c(F)c1F. The lowest BCUT2D eigenvalue weighted by molar-refractivity contribution is 0.442. The molecule has 0 bridgehead atoms. The van der Waals surface area contributed by atoms with Gasteiger partial charge in [0.1, 0.15) is 23.1 Å². The van der Waals surface area contributed by atoms with E-state index in [-0.39, 0.29) is 5.56 Å². The third-order valence-corrected chi connectivity index (χ3v) is 2.62. The molecule has 0 atom stereocenters. The lowest BCUT2D eigenvalue weighted by atomic mass is 10.1. The molecule has 2 N–H and O–H groups in total. The van der Waals surface area contributed by atoms with Gasteiger partial charge in [-0.05, 0) is 0 Å². The van der Waals surface area contributed by atoms with Crippen molar-refractivity contribution < 1.29 is 17.6 Å². The molecule has 0 saturated heterocycles. The van der Waals surface area contributed by atoms with Crippen LogP contribution in [0.15, 0.2) is 12.8 Å². The Balaban J connectivity index is 2.85. The third kappa shape index (κ3) is 1.72. The first kappa shape index (κ1) is 13.6. The van der Waals surface area contributed by atoms with Gasteiger partial charge in [-0.15, -0.1) is 0 Å². The van der Waals surface area contributed by atoms with Crippen molar-refractivity contribution in [1.82, 2.24) is 9.78 Å². The van der Waals surface area contributed by atoms with E-state index < -0.39 is 40.3 Å². The van der Waals surface area contributed by atoms with Crippen molar-refractivity contribution in [2.75, 3.05) is 5.73 Å². The second kappa shape index (κ2) is 4.70.